The first-order chi connectivity index (χ1) is 15.5. The lowest BCUT2D eigenvalue weighted by Gasteiger charge is -2.42. The lowest BCUT2D eigenvalue weighted by atomic mass is 10.1. The summed E-state index contributed by atoms with van der Waals surface area (Å²) in [4.78, 5) is 17.8. The Bertz CT molecular complexity index is 1120. The van der Waals surface area contributed by atoms with Gasteiger partial charge in [0.05, 0.1) is 17.3 Å². The highest BCUT2D eigenvalue weighted by molar-refractivity contribution is 6.04. The number of pyridine rings is 1. The van der Waals surface area contributed by atoms with E-state index in [0.717, 1.165) is 37.9 Å². The zero-order valence-electron chi connectivity index (χ0n) is 18.5. The summed E-state index contributed by atoms with van der Waals surface area (Å²) in [7, 11) is 0. The molecular formula is C24H29FN6O. The Morgan fingerprint density at radius 2 is 1.97 bits per heavy atom. The Balaban J connectivity index is 1.44. The number of benzene rings is 1. The molecule has 1 aromatic carbocycles. The van der Waals surface area contributed by atoms with Crippen molar-refractivity contribution in [1.29, 1.82) is 0 Å². The van der Waals surface area contributed by atoms with Gasteiger partial charge in [-0.3, -0.25) is 19.0 Å². The number of carbonyl (C=O) groups excluding carboxylic acids is 1. The number of nitrogens with one attached hydrogen (secondary N) is 1. The zero-order chi connectivity index (χ0) is 22.2. The quantitative estimate of drug-likeness (QED) is 0.640. The highest BCUT2D eigenvalue weighted by atomic mass is 19.1. The van der Waals surface area contributed by atoms with Crippen LogP contribution in [-0.2, 0) is 0 Å². The summed E-state index contributed by atoms with van der Waals surface area (Å²) in [5.41, 5.74) is 1.30. The van der Waals surface area contributed by atoms with E-state index in [1.807, 2.05) is 4.40 Å². The van der Waals surface area contributed by atoms with Gasteiger partial charge in [0.1, 0.15) is 5.82 Å². The Kier molecular flexibility index (Phi) is 5.65. The van der Waals surface area contributed by atoms with Gasteiger partial charge in [0.15, 0.2) is 11.5 Å². The third-order valence-corrected chi connectivity index (χ3v) is 6.49. The van der Waals surface area contributed by atoms with Crippen LogP contribution in [0.1, 0.15) is 48.9 Å². The minimum atomic E-state index is -0.461. The van der Waals surface area contributed by atoms with Crippen LogP contribution in [-0.4, -0.2) is 62.5 Å². The molecule has 1 saturated heterocycles. The topological polar surface area (TPSA) is 65.8 Å². The second-order valence-corrected chi connectivity index (χ2v) is 9.19. The molecule has 0 spiro atoms. The number of para-hydroxylation sites is 1. The Morgan fingerprint density at radius 1 is 1.16 bits per heavy atom. The van der Waals surface area contributed by atoms with Crippen LogP contribution < -0.4 is 5.32 Å². The van der Waals surface area contributed by atoms with Gasteiger partial charge in [0.25, 0.3) is 5.91 Å². The van der Waals surface area contributed by atoms with Crippen LogP contribution in [0.5, 0.6) is 0 Å². The molecule has 1 atom stereocenters. The first kappa shape index (κ1) is 21.0. The van der Waals surface area contributed by atoms with E-state index in [4.69, 9.17) is 0 Å². The van der Waals surface area contributed by atoms with E-state index in [9.17, 15) is 9.18 Å². The average Bonchev–Trinajstić information content (AvgIpc) is 3.50. The molecule has 0 bridgehead atoms. The summed E-state index contributed by atoms with van der Waals surface area (Å²) < 4.78 is 15.9. The van der Waals surface area contributed by atoms with E-state index in [2.05, 4.69) is 39.2 Å². The number of nitrogens with zero attached hydrogens (tertiary/aromatic N) is 5. The monoisotopic (exact) mass is 436 g/mol. The van der Waals surface area contributed by atoms with Gasteiger partial charge in [-0.05, 0) is 56.9 Å². The molecular weight excluding hydrogens is 407 g/mol. The second-order valence-electron chi connectivity index (χ2n) is 9.19. The van der Waals surface area contributed by atoms with E-state index < -0.39 is 5.82 Å². The predicted octanol–water partition coefficient (Wildman–Crippen LogP) is 3.60. The van der Waals surface area contributed by atoms with Gasteiger partial charge in [-0.25, -0.2) is 4.39 Å². The van der Waals surface area contributed by atoms with Crippen molar-refractivity contribution in [1.82, 2.24) is 24.4 Å². The maximum atomic E-state index is 14.0. The second kappa shape index (κ2) is 8.60. The molecule has 1 saturated carbocycles. The molecule has 32 heavy (non-hydrogen) atoms. The Hall–Kier alpha value is -2.84. The SMILES string of the molecule is CC(C)N1CCN(CC2CC2)C[C@H]1c1nnc2ccc(C(=O)Nc3ccccc3F)cn12. The van der Waals surface area contributed by atoms with Crippen molar-refractivity contribution >= 4 is 17.2 Å². The van der Waals surface area contributed by atoms with Crippen LogP contribution in [0.15, 0.2) is 42.6 Å². The van der Waals surface area contributed by atoms with Crippen LogP contribution in [0.4, 0.5) is 10.1 Å². The first-order valence-corrected chi connectivity index (χ1v) is 11.4. The standard InChI is InChI=1S/C24H29FN6O/c1-16(2)30-12-11-29(13-17-7-8-17)15-21(30)23-28-27-22-10-9-18(14-31(22)23)24(32)26-20-6-4-3-5-19(20)25/h3-6,9-10,14,16-17,21H,7-8,11-13,15H2,1-2H3,(H,26,32)/t21-/m0/s1. The molecule has 1 aliphatic carbocycles. The van der Waals surface area contributed by atoms with Crippen molar-refractivity contribution < 1.29 is 9.18 Å². The summed E-state index contributed by atoms with van der Waals surface area (Å²) in [5.74, 6) is 0.855. The number of fused-ring (bicyclic) bond motifs is 1. The predicted molar refractivity (Wildman–Crippen MR) is 121 cm³/mol. The molecule has 3 aromatic rings. The molecule has 5 rings (SSSR count). The summed E-state index contributed by atoms with van der Waals surface area (Å²) >= 11 is 0. The number of piperazine rings is 1. The maximum Gasteiger partial charge on any atom is 0.257 e. The van der Waals surface area contributed by atoms with Crippen molar-refractivity contribution in [2.75, 3.05) is 31.5 Å². The van der Waals surface area contributed by atoms with E-state index in [0.29, 0.717) is 17.3 Å². The number of halogens is 1. The minimum Gasteiger partial charge on any atom is -0.319 e. The van der Waals surface area contributed by atoms with Crippen LogP contribution in [0.2, 0.25) is 0 Å². The average molecular weight is 437 g/mol. The summed E-state index contributed by atoms with van der Waals surface area (Å²) in [6, 6.07) is 10.1. The number of carbonyl (C=O) groups is 1. The third kappa shape index (κ3) is 4.25. The lowest BCUT2D eigenvalue weighted by Crippen LogP contribution is -2.51. The van der Waals surface area contributed by atoms with Crippen molar-refractivity contribution in [3.05, 3.63) is 59.8 Å². The van der Waals surface area contributed by atoms with Crippen LogP contribution >= 0.6 is 0 Å². The number of hydrogen-bond donors (Lipinski definition) is 1. The Labute approximate surface area is 187 Å². The van der Waals surface area contributed by atoms with Crippen molar-refractivity contribution in [3.63, 3.8) is 0 Å². The number of anilines is 1. The minimum absolute atomic E-state index is 0.0994. The summed E-state index contributed by atoms with van der Waals surface area (Å²) in [6.07, 6.45) is 4.44. The highest BCUT2D eigenvalue weighted by Gasteiger charge is 2.35. The Morgan fingerprint density at radius 3 is 2.72 bits per heavy atom. The zero-order valence-corrected chi connectivity index (χ0v) is 18.5. The van der Waals surface area contributed by atoms with Gasteiger partial charge in [0.2, 0.25) is 0 Å². The largest absolute Gasteiger partial charge is 0.319 e. The fraction of sp³-hybridized carbons (Fsp3) is 0.458. The molecule has 0 unspecified atom stereocenters. The molecule has 1 aliphatic heterocycles. The fourth-order valence-corrected chi connectivity index (χ4v) is 4.56. The van der Waals surface area contributed by atoms with Gasteiger partial charge >= 0.3 is 0 Å². The smallest absolute Gasteiger partial charge is 0.257 e. The molecule has 3 heterocycles. The molecule has 7 nitrogen and oxygen atoms in total. The summed E-state index contributed by atoms with van der Waals surface area (Å²) in [6.45, 7) is 8.52. The van der Waals surface area contributed by atoms with Gasteiger partial charge in [-0.1, -0.05) is 12.1 Å². The lowest BCUT2D eigenvalue weighted by molar-refractivity contribution is 0.0437. The van der Waals surface area contributed by atoms with Crippen molar-refractivity contribution in [2.45, 2.75) is 38.8 Å². The van der Waals surface area contributed by atoms with Gasteiger partial charge in [-0.2, -0.15) is 0 Å². The number of amides is 1. The van der Waals surface area contributed by atoms with Crippen LogP contribution in [0, 0.1) is 11.7 Å². The van der Waals surface area contributed by atoms with E-state index in [1.165, 1.54) is 18.9 Å². The van der Waals surface area contributed by atoms with Gasteiger partial charge in [0, 0.05) is 38.4 Å². The van der Waals surface area contributed by atoms with Crippen LogP contribution in [0.25, 0.3) is 5.65 Å². The molecule has 2 aliphatic rings. The van der Waals surface area contributed by atoms with E-state index in [-0.39, 0.29) is 17.6 Å². The van der Waals surface area contributed by atoms with Crippen molar-refractivity contribution in [2.24, 2.45) is 5.92 Å². The van der Waals surface area contributed by atoms with Gasteiger partial charge in [-0.15, -0.1) is 10.2 Å². The molecule has 2 aromatic heterocycles. The normalized spacial score (nSPS) is 20.2. The number of rotatable bonds is 6. The number of aromatic nitrogens is 3. The highest BCUT2D eigenvalue weighted by Crippen LogP contribution is 2.33. The molecule has 1 N–H and O–H groups in total. The maximum absolute atomic E-state index is 14.0. The third-order valence-electron chi connectivity index (χ3n) is 6.49. The van der Waals surface area contributed by atoms with E-state index in [1.54, 1.807) is 36.5 Å². The number of hydrogen-bond acceptors (Lipinski definition) is 5. The van der Waals surface area contributed by atoms with Crippen LogP contribution in [0.3, 0.4) is 0 Å². The molecule has 0 radical (unpaired) electrons. The summed E-state index contributed by atoms with van der Waals surface area (Å²) in [5, 5.41) is 11.6. The van der Waals surface area contributed by atoms with Crippen molar-refractivity contribution in [3.8, 4) is 0 Å². The molecule has 168 valence electrons. The molecule has 8 heteroatoms. The van der Waals surface area contributed by atoms with E-state index >= 15 is 0 Å². The van der Waals surface area contributed by atoms with Gasteiger partial charge < -0.3 is 5.32 Å². The molecule has 2 fully saturated rings. The first-order valence-electron chi connectivity index (χ1n) is 11.4. The molecule has 1 amide bonds. The fourth-order valence-electron chi connectivity index (χ4n) is 4.56.